The van der Waals surface area contributed by atoms with Crippen molar-refractivity contribution in [2.45, 2.75) is 25.8 Å². The second kappa shape index (κ2) is 5.81. The summed E-state index contributed by atoms with van der Waals surface area (Å²) in [7, 11) is 0. The third-order valence-electron chi connectivity index (χ3n) is 2.00. The molecular formula is C11H12FN3O. The Labute approximate surface area is 93.1 Å². The van der Waals surface area contributed by atoms with E-state index >= 15 is 0 Å². The average molecular weight is 221 g/mol. The third kappa shape index (κ3) is 3.31. The summed E-state index contributed by atoms with van der Waals surface area (Å²) in [6, 6.07) is 3.90. The van der Waals surface area contributed by atoms with Crippen molar-refractivity contribution in [1.29, 1.82) is 5.26 Å². The van der Waals surface area contributed by atoms with Gasteiger partial charge in [0.25, 0.3) is 5.91 Å². The Hall–Kier alpha value is -1.96. The van der Waals surface area contributed by atoms with Crippen LogP contribution in [0.25, 0.3) is 0 Å². The maximum absolute atomic E-state index is 12.6. The summed E-state index contributed by atoms with van der Waals surface area (Å²) in [4.78, 5) is 15.2. The number of pyridine rings is 1. The van der Waals surface area contributed by atoms with E-state index in [0.29, 0.717) is 6.42 Å². The zero-order valence-corrected chi connectivity index (χ0v) is 8.90. The Kier molecular flexibility index (Phi) is 4.40. The van der Waals surface area contributed by atoms with Gasteiger partial charge in [0.15, 0.2) is 0 Å². The summed E-state index contributed by atoms with van der Waals surface area (Å²) in [6.45, 7) is 1.92. The molecule has 1 rings (SSSR count). The molecule has 16 heavy (non-hydrogen) atoms. The highest BCUT2D eigenvalue weighted by Gasteiger charge is 2.12. The Morgan fingerprint density at radius 3 is 2.94 bits per heavy atom. The molecule has 84 valence electrons. The van der Waals surface area contributed by atoms with Crippen LogP contribution in [0.5, 0.6) is 0 Å². The Morgan fingerprint density at radius 2 is 2.44 bits per heavy atom. The summed E-state index contributed by atoms with van der Waals surface area (Å²) < 4.78 is 12.6. The molecule has 1 aromatic rings. The number of halogens is 1. The maximum atomic E-state index is 12.6. The molecule has 0 aromatic carbocycles. The SMILES string of the molecule is CCCC(C#N)NC(=O)c1ccc(F)cn1. The van der Waals surface area contributed by atoms with Crippen LogP contribution in [-0.4, -0.2) is 16.9 Å². The van der Waals surface area contributed by atoms with E-state index in [0.717, 1.165) is 18.7 Å². The molecule has 1 aromatic heterocycles. The number of hydrogen-bond donors (Lipinski definition) is 1. The first-order valence-electron chi connectivity index (χ1n) is 4.99. The van der Waals surface area contributed by atoms with Crippen LogP contribution in [0.1, 0.15) is 30.3 Å². The van der Waals surface area contributed by atoms with Gasteiger partial charge in [-0.3, -0.25) is 4.79 Å². The minimum absolute atomic E-state index is 0.109. The Bertz CT molecular complexity index is 397. The fraction of sp³-hybridized carbons (Fsp3) is 0.364. The molecule has 0 bridgehead atoms. The van der Waals surface area contributed by atoms with Crippen molar-refractivity contribution in [3.63, 3.8) is 0 Å². The second-order valence-electron chi connectivity index (χ2n) is 3.31. The monoisotopic (exact) mass is 221 g/mol. The molecule has 0 fully saturated rings. The molecule has 0 aliphatic carbocycles. The molecule has 0 aliphatic heterocycles. The first-order valence-corrected chi connectivity index (χ1v) is 4.99. The number of nitrogens with one attached hydrogen (secondary N) is 1. The Balaban J connectivity index is 2.65. The summed E-state index contributed by atoms with van der Waals surface area (Å²) in [6.07, 6.45) is 2.36. The van der Waals surface area contributed by atoms with Crippen LogP contribution in [0.15, 0.2) is 18.3 Å². The zero-order chi connectivity index (χ0) is 12.0. The fourth-order valence-electron chi connectivity index (χ4n) is 1.20. The molecule has 1 atom stereocenters. The zero-order valence-electron chi connectivity index (χ0n) is 8.90. The van der Waals surface area contributed by atoms with E-state index in [-0.39, 0.29) is 5.69 Å². The van der Waals surface area contributed by atoms with Gasteiger partial charge in [-0.2, -0.15) is 5.26 Å². The lowest BCUT2D eigenvalue weighted by molar-refractivity contribution is 0.0939. The van der Waals surface area contributed by atoms with Crippen LogP contribution in [0.4, 0.5) is 4.39 Å². The number of nitriles is 1. The molecule has 1 heterocycles. The van der Waals surface area contributed by atoms with Crippen molar-refractivity contribution >= 4 is 5.91 Å². The number of carbonyl (C=O) groups is 1. The highest BCUT2D eigenvalue weighted by molar-refractivity contribution is 5.92. The van der Waals surface area contributed by atoms with Gasteiger partial charge in [0, 0.05) is 0 Å². The van der Waals surface area contributed by atoms with E-state index in [9.17, 15) is 9.18 Å². The molecule has 1 amide bonds. The summed E-state index contributed by atoms with van der Waals surface area (Å²) in [5, 5.41) is 11.3. The highest BCUT2D eigenvalue weighted by atomic mass is 19.1. The number of carbonyl (C=O) groups excluding carboxylic acids is 1. The molecular weight excluding hydrogens is 209 g/mol. The maximum Gasteiger partial charge on any atom is 0.270 e. The quantitative estimate of drug-likeness (QED) is 0.840. The van der Waals surface area contributed by atoms with Gasteiger partial charge in [-0.25, -0.2) is 9.37 Å². The summed E-state index contributed by atoms with van der Waals surface area (Å²) >= 11 is 0. The summed E-state index contributed by atoms with van der Waals surface area (Å²) in [5.41, 5.74) is 0.109. The molecule has 0 aliphatic rings. The number of rotatable bonds is 4. The van der Waals surface area contributed by atoms with Gasteiger partial charge < -0.3 is 5.32 Å². The van der Waals surface area contributed by atoms with E-state index in [1.807, 2.05) is 13.0 Å². The smallest absolute Gasteiger partial charge is 0.270 e. The highest BCUT2D eigenvalue weighted by Crippen LogP contribution is 2.00. The number of nitrogens with zero attached hydrogens (tertiary/aromatic N) is 2. The van der Waals surface area contributed by atoms with E-state index < -0.39 is 17.8 Å². The van der Waals surface area contributed by atoms with Crippen LogP contribution >= 0.6 is 0 Å². The normalized spacial score (nSPS) is 11.6. The minimum Gasteiger partial charge on any atom is -0.335 e. The standard InChI is InChI=1S/C11H12FN3O/c1-2-3-9(6-13)15-11(16)10-5-4-8(12)7-14-10/h4-5,7,9H,2-3H2,1H3,(H,15,16). The van der Waals surface area contributed by atoms with Crippen molar-refractivity contribution in [3.05, 3.63) is 29.8 Å². The van der Waals surface area contributed by atoms with Gasteiger partial charge in [0.05, 0.1) is 12.3 Å². The number of aromatic nitrogens is 1. The third-order valence-corrected chi connectivity index (χ3v) is 2.00. The first-order chi connectivity index (χ1) is 7.67. The van der Waals surface area contributed by atoms with Gasteiger partial charge in [0.2, 0.25) is 0 Å². The van der Waals surface area contributed by atoms with Crippen molar-refractivity contribution in [1.82, 2.24) is 10.3 Å². The molecule has 0 radical (unpaired) electrons. The fourth-order valence-corrected chi connectivity index (χ4v) is 1.20. The van der Waals surface area contributed by atoms with Crippen molar-refractivity contribution < 1.29 is 9.18 Å². The van der Waals surface area contributed by atoms with Crippen molar-refractivity contribution in [2.24, 2.45) is 0 Å². The molecule has 0 spiro atoms. The molecule has 0 saturated heterocycles. The molecule has 1 unspecified atom stereocenters. The van der Waals surface area contributed by atoms with E-state index in [2.05, 4.69) is 10.3 Å². The van der Waals surface area contributed by atoms with Gasteiger partial charge in [-0.1, -0.05) is 13.3 Å². The molecule has 5 heteroatoms. The van der Waals surface area contributed by atoms with Gasteiger partial charge in [-0.15, -0.1) is 0 Å². The van der Waals surface area contributed by atoms with Crippen LogP contribution < -0.4 is 5.32 Å². The van der Waals surface area contributed by atoms with E-state index in [1.165, 1.54) is 6.07 Å². The van der Waals surface area contributed by atoms with Crippen LogP contribution in [-0.2, 0) is 0 Å². The lowest BCUT2D eigenvalue weighted by Gasteiger charge is -2.09. The first kappa shape index (κ1) is 12.1. The van der Waals surface area contributed by atoms with Crippen molar-refractivity contribution in [3.8, 4) is 6.07 Å². The molecule has 0 saturated carbocycles. The van der Waals surface area contributed by atoms with Crippen LogP contribution in [0, 0.1) is 17.1 Å². The topological polar surface area (TPSA) is 65.8 Å². The van der Waals surface area contributed by atoms with Crippen LogP contribution in [0.3, 0.4) is 0 Å². The van der Waals surface area contributed by atoms with Gasteiger partial charge in [-0.05, 0) is 18.6 Å². The second-order valence-corrected chi connectivity index (χ2v) is 3.31. The van der Waals surface area contributed by atoms with Gasteiger partial charge >= 0.3 is 0 Å². The number of amides is 1. The molecule has 1 N–H and O–H groups in total. The van der Waals surface area contributed by atoms with Crippen molar-refractivity contribution in [2.75, 3.05) is 0 Å². The summed E-state index contributed by atoms with van der Waals surface area (Å²) in [5.74, 6) is -0.957. The largest absolute Gasteiger partial charge is 0.335 e. The average Bonchev–Trinajstić information content (AvgIpc) is 2.29. The predicted molar refractivity (Wildman–Crippen MR) is 56.0 cm³/mol. The Morgan fingerprint density at radius 1 is 1.69 bits per heavy atom. The lowest BCUT2D eigenvalue weighted by atomic mass is 10.2. The van der Waals surface area contributed by atoms with E-state index in [1.54, 1.807) is 0 Å². The van der Waals surface area contributed by atoms with Crippen LogP contribution in [0.2, 0.25) is 0 Å². The molecule has 4 nitrogen and oxygen atoms in total. The number of hydrogen-bond acceptors (Lipinski definition) is 3. The minimum atomic E-state index is -0.524. The lowest BCUT2D eigenvalue weighted by Crippen LogP contribution is -2.34. The van der Waals surface area contributed by atoms with E-state index in [4.69, 9.17) is 5.26 Å². The predicted octanol–water partition coefficient (Wildman–Crippen LogP) is 1.64. The van der Waals surface area contributed by atoms with Gasteiger partial charge in [0.1, 0.15) is 17.6 Å².